The molecule has 3 aromatic heterocycles. The van der Waals surface area contributed by atoms with Crippen LogP contribution in [0.25, 0.3) is 27.0 Å². The van der Waals surface area contributed by atoms with Crippen LogP contribution in [0.5, 0.6) is 5.75 Å². The summed E-state index contributed by atoms with van der Waals surface area (Å²) in [5.74, 6) is 1.35. The molecule has 0 amide bonds. The van der Waals surface area contributed by atoms with Gasteiger partial charge in [-0.3, -0.25) is 0 Å². The zero-order valence-electron chi connectivity index (χ0n) is 12.1. The molecule has 0 aliphatic carbocycles. The number of aromatic nitrogens is 3. The summed E-state index contributed by atoms with van der Waals surface area (Å²) in [5.41, 5.74) is 1.83. The lowest BCUT2D eigenvalue weighted by Gasteiger charge is -1.99. The molecule has 23 heavy (non-hydrogen) atoms. The molecule has 6 nitrogen and oxygen atoms in total. The van der Waals surface area contributed by atoms with Gasteiger partial charge in [0, 0.05) is 5.56 Å². The van der Waals surface area contributed by atoms with Crippen LogP contribution in [0.15, 0.2) is 47.1 Å². The van der Waals surface area contributed by atoms with Crippen LogP contribution in [-0.2, 0) is 0 Å². The Morgan fingerprint density at radius 2 is 2.09 bits per heavy atom. The average Bonchev–Trinajstić information content (AvgIpc) is 3.29. The van der Waals surface area contributed by atoms with E-state index in [1.165, 1.54) is 11.3 Å². The van der Waals surface area contributed by atoms with Gasteiger partial charge in [-0.1, -0.05) is 11.3 Å². The number of methoxy groups -OCH3 is 1. The number of nitrogens with zero attached hydrogens (tertiary/aromatic N) is 4. The van der Waals surface area contributed by atoms with E-state index in [4.69, 9.17) is 9.15 Å². The smallest absolute Gasteiger partial charge is 0.214 e. The summed E-state index contributed by atoms with van der Waals surface area (Å²) in [5, 5.41) is 14.7. The number of imidazole rings is 1. The topological polar surface area (TPSA) is 76.3 Å². The Bertz CT molecular complexity index is 1010. The highest BCUT2D eigenvalue weighted by Gasteiger charge is 2.19. The first-order valence-electron chi connectivity index (χ1n) is 6.78. The molecule has 0 saturated carbocycles. The van der Waals surface area contributed by atoms with Crippen molar-refractivity contribution in [2.45, 2.75) is 0 Å². The van der Waals surface area contributed by atoms with Crippen molar-refractivity contribution in [2.24, 2.45) is 0 Å². The number of hydrogen-bond donors (Lipinski definition) is 0. The van der Waals surface area contributed by atoms with E-state index in [0.717, 1.165) is 16.3 Å². The Labute approximate surface area is 135 Å². The number of nitriles is 1. The zero-order valence-corrected chi connectivity index (χ0v) is 12.9. The summed E-state index contributed by atoms with van der Waals surface area (Å²) in [4.78, 5) is 5.14. The first kappa shape index (κ1) is 13.5. The van der Waals surface area contributed by atoms with Crippen LogP contribution in [-0.4, -0.2) is 21.7 Å². The lowest BCUT2D eigenvalue weighted by molar-refractivity contribution is 0.415. The molecule has 0 radical (unpaired) electrons. The van der Waals surface area contributed by atoms with Crippen LogP contribution >= 0.6 is 11.3 Å². The van der Waals surface area contributed by atoms with Crippen molar-refractivity contribution >= 4 is 16.3 Å². The van der Waals surface area contributed by atoms with Crippen LogP contribution < -0.4 is 4.74 Å². The molecule has 0 unspecified atom stereocenters. The molecule has 0 aliphatic heterocycles. The second-order valence-electron chi connectivity index (χ2n) is 4.73. The minimum atomic E-state index is 0.367. The van der Waals surface area contributed by atoms with Crippen molar-refractivity contribution in [3.05, 3.63) is 48.4 Å². The lowest BCUT2D eigenvalue weighted by Crippen LogP contribution is -1.90. The Hall–Kier alpha value is -3.11. The lowest BCUT2D eigenvalue weighted by atomic mass is 10.2. The van der Waals surface area contributed by atoms with Gasteiger partial charge in [0.2, 0.25) is 4.96 Å². The van der Waals surface area contributed by atoms with E-state index in [1.807, 2.05) is 24.3 Å². The predicted molar refractivity (Wildman–Crippen MR) is 85.3 cm³/mol. The fraction of sp³-hybridized carbons (Fsp3) is 0.0625. The molecule has 0 atom stereocenters. The van der Waals surface area contributed by atoms with E-state index in [9.17, 15) is 5.26 Å². The van der Waals surface area contributed by atoms with Crippen LogP contribution in [0.4, 0.5) is 0 Å². The standard InChI is InChI=1S/C16H10N4O2S/c1-21-11-6-4-10(5-7-11)15-19-20-12(9-17)14(18-16(20)23-15)13-3-2-8-22-13/h2-8H,1H3. The van der Waals surface area contributed by atoms with Crippen molar-refractivity contribution in [3.63, 3.8) is 0 Å². The van der Waals surface area contributed by atoms with Gasteiger partial charge in [-0.15, -0.1) is 0 Å². The molecule has 112 valence electrons. The first-order chi connectivity index (χ1) is 11.3. The van der Waals surface area contributed by atoms with Crippen molar-refractivity contribution in [2.75, 3.05) is 7.11 Å². The fourth-order valence-corrected chi connectivity index (χ4v) is 3.19. The summed E-state index contributed by atoms with van der Waals surface area (Å²) in [6, 6.07) is 13.3. The van der Waals surface area contributed by atoms with Gasteiger partial charge in [-0.25, -0.2) is 4.98 Å². The van der Waals surface area contributed by atoms with Crippen molar-refractivity contribution < 1.29 is 9.15 Å². The number of ether oxygens (including phenoxy) is 1. The van der Waals surface area contributed by atoms with Crippen LogP contribution in [0.2, 0.25) is 0 Å². The van der Waals surface area contributed by atoms with E-state index in [-0.39, 0.29) is 0 Å². The number of benzene rings is 1. The highest BCUT2D eigenvalue weighted by Crippen LogP contribution is 2.31. The van der Waals surface area contributed by atoms with Crippen molar-refractivity contribution in [1.82, 2.24) is 14.6 Å². The van der Waals surface area contributed by atoms with Gasteiger partial charge in [-0.05, 0) is 36.4 Å². The molecular weight excluding hydrogens is 312 g/mol. The molecule has 3 heterocycles. The van der Waals surface area contributed by atoms with E-state index in [2.05, 4.69) is 16.2 Å². The van der Waals surface area contributed by atoms with E-state index in [1.54, 1.807) is 30.0 Å². The van der Waals surface area contributed by atoms with Gasteiger partial charge in [0.1, 0.15) is 22.5 Å². The van der Waals surface area contributed by atoms with Crippen LogP contribution in [0.3, 0.4) is 0 Å². The van der Waals surface area contributed by atoms with Crippen molar-refractivity contribution in [1.29, 1.82) is 5.26 Å². The number of rotatable bonds is 3. The van der Waals surface area contributed by atoms with E-state index < -0.39 is 0 Å². The molecule has 1 aromatic carbocycles. The molecular formula is C16H10N4O2S. The third-order valence-corrected chi connectivity index (χ3v) is 4.36. The monoisotopic (exact) mass is 322 g/mol. The maximum atomic E-state index is 9.45. The highest BCUT2D eigenvalue weighted by atomic mass is 32.1. The SMILES string of the molecule is COc1ccc(-c2nn3c(C#N)c(-c4ccco4)nc3s2)cc1. The number of furan rings is 1. The fourth-order valence-electron chi connectivity index (χ4n) is 2.28. The Morgan fingerprint density at radius 3 is 2.74 bits per heavy atom. The van der Waals surface area contributed by atoms with Gasteiger partial charge in [-0.2, -0.15) is 14.9 Å². The Kier molecular flexibility index (Phi) is 3.10. The minimum absolute atomic E-state index is 0.367. The average molecular weight is 322 g/mol. The summed E-state index contributed by atoms with van der Waals surface area (Å²) in [7, 11) is 1.63. The molecule has 4 aromatic rings. The molecule has 0 fully saturated rings. The van der Waals surface area contributed by atoms with Gasteiger partial charge in [0.15, 0.2) is 11.5 Å². The summed E-state index contributed by atoms with van der Waals surface area (Å²) in [6.07, 6.45) is 1.56. The summed E-state index contributed by atoms with van der Waals surface area (Å²) >= 11 is 1.42. The van der Waals surface area contributed by atoms with Crippen LogP contribution in [0, 0.1) is 11.3 Å². The van der Waals surface area contributed by atoms with Gasteiger partial charge >= 0.3 is 0 Å². The molecule has 0 spiro atoms. The van der Waals surface area contributed by atoms with Gasteiger partial charge in [0.05, 0.1) is 13.4 Å². The van der Waals surface area contributed by atoms with E-state index >= 15 is 0 Å². The minimum Gasteiger partial charge on any atom is -0.497 e. The molecule has 7 heteroatoms. The second-order valence-corrected chi connectivity index (χ2v) is 5.68. The largest absolute Gasteiger partial charge is 0.497 e. The van der Waals surface area contributed by atoms with Crippen LogP contribution in [0.1, 0.15) is 5.69 Å². The Balaban J connectivity index is 1.83. The third kappa shape index (κ3) is 2.17. The molecule has 4 rings (SSSR count). The summed E-state index contributed by atoms with van der Waals surface area (Å²) < 4.78 is 12.0. The first-order valence-corrected chi connectivity index (χ1v) is 7.60. The van der Waals surface area contributed by atoms with Gasteiger partial charge < -0.3 is 9.15 Å². The molecule has 0 aliphatic rings. The number of fused-ring (bicyclic) bond motifs is 1. The maximum Gasteiger partial charge on any atom is 0.214 e. The Morgan fingerprint density at radius 1 is 1.26 bits per heavy atom. The summed E-state index contributed by atoms with van der Waals surface area (Å²) in [6.45, 7) is 0. The zero-order chi connectivity index (χ0) is 15.8. The van der Waals surface area contributed by atoms with E-state index in [0.29, 0.717) is 22.1 Å². The second kappa shape index (κ2) is 5.26. The highest BCUT2D eigenvalue weighted by molar-refractivity contribution is 7.19. The number of hydrogen-bond acceptors (Lipinski definition) is 6. The van der Waals surface area contributed by atoms with Crippen molar-refractivity contribution in [3.8, 4) is 33.8 Å². The molecule has 0 N–H and O–H groups in total. The predicted octanol–water partition coefficient (Wildman–Crippen LogP) is 3.60. The normalized spacial score (nSPS) is 10.8. The molecule has 0 saturated heterocycles. The maximum absolute atomic E-state index is 9.45. The molecule has 0 bridgehead atoms. The third-order valence-electron chi connectivity index (χ3n) is 3.40. The quantitative estimate of drug-likeness (QED) is 0.576. The van der Waals surface area contributed by atoms with Gasteiger partial charge in [0.25, 0.3) is 0 Å².